The second kappa shape index (κ2) is 10.0. The van der Waals surface area contributed by atoms with Gasteiger partial charge in [0.05, 0.1) is 12.8 Å². The molecule has 3 aromatic rings. The molecule has 0 aromatic heterocycles. The van der Waals surface area contributed by atoms with Crippen LogP contribution in [-0.2, 0) is 9.59 Å². The van der Waals surface area contributed by atoms with Gasteiger partial charge in [0.15, 0.2) is 5.78 Å². The summed E-state index contributed by atoms with van der Waals surface area (Å²) in [5.41, 5.74) is 3.88. The Kier molecular flexibility index (Phi) is 6.61. The summed E-state index contributed by atoms with van der Waals surface area (Å²) in [6, 6.07) is 20.1. The van der Waals surface area contributed by atoms with E-state index in [-0.39, 0.29) is 17.4 Å². The summed E-state index contributed by atoms with van der Waals surface area (Å²) in [5, 5.41) is 5.88. The van der Waals surface area contributed by atoms with Crippen LogP contribution in [0, 0.1) is 11.6 Å². The number of allylic oxidation sites excluding steroid dienone is 3. The Morgan fingerprint density at radius 3 is 2.38 bits per heavy atom. The molecule has 2 aliphatic rings. The molecule has 2 N–H and O–H groups in total. The molecular formula is C30H26F2N2O3. The topological polar surface area (TPSA) is 67.4 Å². The normalized spacial score (nSPS) is 19.3. The van der Waals surface area contributed by atoms with Gasteiger partial charge in [-0.25, -0.2) is 8.78 Å². The lowest BCUT2D eigenvalue weighted by Crippen LogP contribution is -2.37. The number of benzene rings is 3. The summed E-state index contributed by atoms with van der Waals surface area (Å²) >= 11 is 0. The lowest BCUT2D eigenvalue weighted by Gasteiger charge is -2.37. The van der Waals surface area contributed by atoms with Crippen LogP contribution in [0.1, 0.15) is 42.7 Å². The average Bonchev–Trinajstić information content (AvgIpc) is 2.90. The van der Waals surface area contributed by atoms with Crippen LogP contribution in [0.5, 0.6) is 5.75 Å². The van der Waals surface area contributed by atoms with E-state index in [0.717, 1.165) is 22.9 Å². The second-order valence-corrected chi connectivity index (χ2v) is 9.28. The van der Waals surface area contributed by atoms with Gasteiger partial charge in [-0.2, -0.15) is 0 Å². The minimum atomic E-state index is -0.879. The first-order valence-electron chi connectivity index (χ1n) is 12.0. The lowest BCUT2D eigenvalue weighted by molar-refractivity contribution is -0.116. The molecule has 188 valence electrons. The molecule has 0 unspecified atom stereocenters. The van der Waals surface area contributed by atoms with E-state index in [1.165, 1.54) is 6.07 Å². The zero-order valence-corrected chi connectivity index (χ0v) is 20.5. The first-order valence-corrected chi connectivity index (χ1v) is 12.0. The molecular weight excluding hydrogens is 474 g/mol. The van der Waals surface area contributed by atoms with Crippen LogP contribution in [0.15, 0.2) is 95.3 Å². The summed E-state index contributed by atoms with van der Waals surface area (Å²) in [6.07, 6.45) is 0.939. The van der Waals surface area contributed by atoms with Crippen molar-refractivity contribution in [2.75, 3.05) is 12.4 Å². The zero-order chi connectivity index (χ0) is 26.1. The highest BCUT2D eigenvalue weighted by atomic mass is 19.1. The van der Waals surface area contributed by atoms with E-state index in [0.29, 0.717) is 41.5 Å². The monoisotopic (exact) mass is 500 g/mol. The van der Waals surface area contributed by atoms with Gasteiger partial charge in [0.1, 0.15) is 17.4 Å². The number of hydrogen-bond donors (Lipinski definition) is 2. The second-order valence-electron chi connectivity index (χ2n) is 9.28. The van der Waals surface area contributed by atoms with Gasteiger partial charge in [0.2, 0.25) is 0 Å². The number of halogens is 2. The van der Waals surface area contributed by atoms with Crippen molar-refractivity contribution in [2.24, 2.45) is 0 Å². The summed E-state index contributed by atoms with van der Waals surface area (Å²) < 4.78 is 33.0. The molecule has 1 aliphatic carbocycles. The van der Waals surface area contributed by atoms with Crippen molar-refractivity contribution in [3.05, 3.63) is 118 Å². The summed E-state index contributed by atoms with van der Waals surface area (Å²) in [4.78, 5) is 27.2. The number of nitrogens with one attached hydrogen (secondary N) is 2. The van der Waals surface area contributed by atoms with E-state index in [1.807, 2.05) is 42.5 Å². The molecule has 1 aliphatic heterocycles. The fraction of sp³-hybridized carbons (Fsp3) is 0.200. The molecule has 0 fully saturated rings. The van der Waals surface area contributed by atoms with Crippen molar-refractivity contribution < 1.29 is 23.1 Å². The number of rotatable bonds is 5. The maximum atomic E-state index is 14.3. The van der Waals surface area contributed by atoms with Crippen LogP contribution in [0.4, 0.5) is 14.5 Å². The Morgan fingerprint density at radius 2 is 1.70 bits per heavy atom. The zero-order valence-electron chi connectivity index (χ0n) is 20.5. The smallest absolute Gasteiger partial charge is 0.254 e. The molecule has 5 nitrogen and oxygen atoms in total. The maximum absolute atomic E-state index is 14.3. The number of carbonyl (C=O) groups excluding carboxylic acids is 2. The van der Waals surface area contributed by atoms with Crippen molar-refractivity contribution in [1.82, 2.24) is 5.32 Å². The molecule has 0 spiro atoms. The number of Topliss-reactive ketones (excluding diaryl/α,β-unsaturated/α-hetero) is 1. The number of ether oxygens (including phenoxy) is 1. The summed E-state index contributed by atoms with van der Waals surface area (Å²) in [6.45, 7) is 1.77. The lowest BCUT2D eigenvalue weighted by atomic mass is 9.71. The predicted molar refractivity (Wildman–Crippen MR) is 137 cm³/mol. The number of hydrogen-bond acceptors (Lipinski definition) is 4. The number of carbonyl (C=O) groups is 2. The van der Waals surface area contributed by atoms with Gasteiger partial charge in [0, 0.05) is 40.9 Å². The Labute approximate surface area is 213 Å². The minimum Gasteiger partial charge on any atom is -0.497 e. The molecule has 1 heterocycles. The third-order valence-corrected chi connectivity index (χ3v) is 6.97. The van der Waals surface area contributed by atoms with Gasteiger partial charge >= 0.3 is 0 Å². The SMILES string of the molecule is COc1ccc([C@H]2C(C(=O)Nc3ccc(F)cc3F)=C(C)NC3=C2C(=O)C[C@@H](c2ccccc2)C3)cc1. The van der Waals surface area contributed by atoms with Gasteiger partial charge in [0.25, 0.3) is 5.91 Å². The largest absolute Gasteiger partial charge is 0.497 e. The van der Waals surface area contributed by atoms with Crippen LogP contribution >= 0.6 is 0 Å². The van der Waals surface area contributed by atoms with E-state index in [4.69, 9.17) is 4.74 Å². The Balaban J connectivity index is 1.56. The van der Waals surface area contributed by atoms with E-state index in [9.17, 15) is 18.4 Å². The maximum Gasteiger partial charge on any atom is 0.254 e. The summed E-state index contributed by atoms with van der Waals surface area (Å²) in [7, 11) is 1.56. The average molecular weight is 501 g/mol. The quantitative estimate of drug-likeness (QED) is 0.453. The molecule has 5 rings (SSSR count). The molecule has 0 bridgehead atoms. The van der Waals surface area contributed by atoms with Gasteiger partial charge in [-0.1, -0.05) is 42.5 Å². The number of methoxy groups -OCH3 is 1. The first kappa shape index (κ1) is 24.4. The van der Waals surface area contributed by atoms with Crippen molar-refractivity contribution in [3.63, 3.8) is 0 Å². The van der Waals surface area contributed by atoms with Crippen molar-refractivity contribution in [2.45, 2.75) is 31.6 Å². The minimum absolute atomic E-state index is 0.0213. The molecule has 2 atom stereocenters. The highest BCUT2D eigenvalue weighted by Gasteiger charge is 2.41. The molecule has 37 heavy (non-hydrogen) atoms. The highest BCUT2D eigenvalue weighted by molar-refractivity contribution is 6.10. The number of ketones is 1. The fourth-order valence-electron chi connectivity index (χ4n) is 5.21. The third-order valence-electron chi connectivity index (χ3n) is 6.97. The molecule has 0 radical (unpaired) electrons. The number of amides is 1. The molecule has 0 saturated heterocycles. The predicted octanol–water partition coefficient (Wildman–Crippen LogP) is 5.97. The van der Waals surface area contributed by atoms with Crippen molar-refractivity contribution in [3.8, 4) is 5.75 Å². The van der Waals surface area contributed by atoms with E-state index in [1.54, 1.807) is 26.2 Å². The van der Waals surface area contributed by atoms with Gasteiger partial charge in [-0.05, 0) is 54.7 Å². The van der Waals surface area contributed by atoms with Crippen molar-refractivity contribution in [1.29, 1.82) is 0 Å². The molecule has 0 saturated carbocycles. The van der Waals surface area contributed by atoms with Crippen molar-refractivity contribution >= 4 is 17.4 Å². The van der Waals surface area contributed by atoms with E-state index < -0.39 is 23.5 Å². The highest BCUT2D eigenvalue weighted by Crippen LogP contribution is 2.46. The Morgan fingerprint density at radius 1 is 0.973 bits per heavy atom. The Bertz CT molecular complexity index is 1430. The van der Waals surface area contributed by atoms with Gasteiger partial charge in [-0.3, -0.25) is 9.59 Å². The fourth-order valence-corrected chi connectivity index (χ4v) is 5.21. The standard InChI is InChI=1S/C30H26F2N2O3/c1-17-27(30(36)34-24-13-10-21(31)16-23(24)32)28(19-8-11-22(37-2)12-9-19)29-25(33-17)14-20(15-26(29)35)18-6-4-3-5-7-18/h3-13,16,20,28,33H,14-15H2,1-2H3,(H,34,36)/t20-,28-/m0/s1. The van der Waals surface area contributed by atoms with Crippen LogP contribution in [0.2, 0.25) is 0 Å². The first-order chi connectivity index (χ1) is 17.9. The molecule has 7 heteroatoms. The Hall–Kier alpha value is -4.26. The summed E-state index contributed by atoms with van der Waals surface area (Å²) in [5.74, 6) is -2.23. The number of dihydropyridines is 1. The molecule has 3 aromatic carbocycles. The third kappa shape index (κ3) is 4.77. The number of anilines is 1. The van der Waals surface area contributed by atoms with Gasteiger partial charge < -0.3 is 15.4 Å². The van der Waals surface area contributed by atoms with Crippen LogP contribution in [0.3, 0.4) is 0 Å². The molecule has 1 amide bonds. The van der Waals surface area contributed by atoms with Crippen LogP contribution in [0.25, 0.3) is 0 Å². The van der Waals surface area contributed by atoms with E-state index >= 15 is 0 Å². The van der Waals surface area contributed by atoms with Gasteiger partial charge in [-0.15, -0.1) is 0 Å². The van der Waals surface area contributed by atoms with Crippen LogP contribution in [-0.4, -0.2) is 18.8 Å². The van der Waals surface area contributed by atoms with Crippen LogP contribution < -0.4 is 15.4 Å². The van der Waals surface area contributed by atoms with E-state index in [2.05, 4.69) is 10.6 Å².